The Hall–Kier alpha value is -1.74. The van der Waals surface area contributed by atoms with E-state index in [1.807, 2.05) is 56.3 Å². The lowest BCUT2D eigenvalue weighted by molar-refractivity contribution is 0.424. The average molecular weight is 243 g/mol. The summed E-state index contributed by atoms with van der Waals surface area (Å²) in [6.07, 6.45) is 12.7. The highest BCUT2D eigenvalue weighted by molar-refractivity contribution is 6.11. The second-order valence-electron chi connectivity index (χ2n) is 4.31. The summed E-state index contributed by atoms with van der Waals surface area (Å²) >= 11 is 0. The lowest BCUT2D eigenvalue weighted by atomic mass is 10.1. The predicted molar refractivity (Wildman–Crippen MR) is 80.3 cm³/mol. The molecule has 3 heteroatoms. The number of allylic oxidation sites excluding steroid dienone is 6. The normalized spacial score (nSPS) is 19.2. The van der Waals surface area contributed by atoms with Crippen LogP contribution in [0.5, 0.6) is 0 Å². The minimum Gasteiger partial charge on any atom is -0.291 e. The van der Waals surface area contributed by atoms with Crippen LogP contribution in [-0.4, -0.2) is 37.2 Å². The fourth-order valence-electron chi connectivity index (χ4n) is 1.40. The number of amidine groups is 1. The van der Waals surface area contributed by atoms with E-state index in [-0.39, 0.29) is 0 Å². The highest BCUT2D eigenvalue weighted by Gasteiger charge is 2.03. The van der Waals surface area contributed by atoms with Crippen LogP contribution in [0.1, 0.15) is 13.3 Å². The minimum absolute atomic E-state index is 0.634. The molecule has 0 aromatic rings. The van der Waals surface area contributed by atoms with E-state index in [0.29, 0.717) is 6.67 Å². The lowest BCUT2D eigenvalue weighted by Crippen LogP contribution is -2.13. The molecule has 0 fully saturated rings. The first-order valence-electron chi connectivity index (χ1n) is 6.05. The summed E-state index contributed by atoms with van der Waals surface area (Å²) in [7, 11) is 3.97. The van der Waals surface area contributed by atoms with Crippen LogP contribution in [0.4, 0.5) is 0 Å². The van der Waals surface area contributed by atoms with Gasteiger partial charge in [0.05, 0.1) is 12.4 Å². The summed E-state index contributed by atoms with van der Waals surface area (Å²) in [4.78, 5) is 11.0. The zero-order chi connectivity index (χ0) is 13.4. The second kappa shape index (κ2) is 7.56. The predicted octanol–water partition coefficient (Wildman–Crippen LogP) is 2.99. The molecule has 3 nitrogen and oxygen atoms in total. The zero-order valence-corrected chi connectivity index (χ0v) is 11.4. The highest BCUT2D eigenvalue weighted by Crippen LogP contribution is 2.08. The maximum Gasteiger partial charge on any atom is 0.148 e. The summed E-state index contributed by atoms with van der Waals surface area (Å²) in [5.41, 5.74) is 1.91. The Kier molecular flexibility index (Phi) is 6.01. The molecule has 0 unspecified atom stereocenters. The van der Waals surface area contributed by atoms with Crippen molar-refractivity contribution < 1.29 is 0 Å². The fraction of sp³-hybridized carbons (Fsp3) is 0.333. The van der Waals surface area contributed by atoms with Crippen molar-refractivity contribution in [1.82, 2.24) is 4.90 Å². The van der Waals surface area contributed by atoms with Gasteiger partial charge in [0.15, 0.2) is 0 Å². The van der Waals surface area contributed by atoms with Gasteiger partial charge >= 0.3 is 0 Å². The molecule has 0 saturated heterocycles. The van der Waals surface area contributed by atoms with Crippen LogP contribution in [0.3, 0.4) is 0 Å². The molecule has 1 aliphatic rings. The molecule has 0 heterocycles. The Morgan fingerprint density at radius 2 is 2.22 bits per heavy atom. The number of aliphatic imine (C=N–C) groups is 2. The molecule has 0 aliphatic heterocycles. The monoisotopic (exact) mass is 243 g/mol. The molecular weight excluding hydrogens is 222 g/mol. The molecule has 18 heavy (non-hydrogen) atoms. The largest absolute Gasteiger partial charge is 0.291 e. The van der Waals surface area contributed by atoms with Crippen molar-refractivity contribution in [2.75, 3.05) is 20.8 Å². The van der Waals surface area contributed by atoms with E-state index in [4.69, 9.17) is 0 Å². The van der Waals surface area contributed by atoms with Gasteiger partial charge in [-0.1, -0.05) is 37.0 Å². The van der Waals surface area contributed by atoms with Crippen molar-refractivity contribution in [2.24, 2.45) is 9.98 Å². The van der Waals surface area contributed by atoms with Crippen LogP contribution in [0.25, 0.3) is 0 Å². The Labute approximate surface area is 110 Å². The second-order valence-corrected chi connectivity index (χ2v) is 4.31. The fourth-order valence-corrected chi connectivity index (χ4v) is 1.40. The van der Waals surface area contributed by atoms with E-state index in [2.05, 4.69) is 22.6 Å². The standard InChI is InChI=1S/C15H21N3/c1-5-9-15(16-12-18(3)4)17-14-11-8-6-7-10-13(14)2/h5-10H,2,11-12H2,1,3-4H3/b9-5+,16-15-,17-14?. The summed E-state index contributed by atoms with van der Waals surface area (Å²) in [6.45, 7) is 6.62. The molecule has 0 saturated carbocycles. The van der Waals surface area contributed by atoms with Crippen LogP contribution in [0.15, 0.2) is 58.6 Å². The molecular formula is C15H21N3. The summed E-state index contributed by atoms with van der Waals surface area (Å²) < 4.78 is 0. The molecule has 0 aromatic heterocycles. The van der Waals surface area contributed by atoms with E-state index in [0.717, 1.165) is 23.5 Å². The molecule has 0 bridgehead atoms. The van der Waals surface area contributed by atoms with E-state index in [1.165, 1.54) is 0 Å². The molecule has 0 amide bonds. The van der Waals surface area contributed by atoms with Gasteiger partial charge in [-0.25, -0.2) is 4.99 Å². The van der Waals surface area contributed by atoms with Crippen molar-refractivity contribution in [2.45, 2.75) is 13.3 Å². The molecule has 0 spiro atoms. The SMILES string of the molecule is C=C1C=CC=CCC1=NC(/C=C/C)=N\CN(C)C. The van der Waals surface area contributed by atoms with E-state index in [1.54, 1.807) is 0 Å². The van der Waals surface area contributed by atoms with Crippen LogP contribution >= 0.6 is 0 Å². The van der Waals surface area contributed by atoms with Gasteiger partial charge < -0.3 is 0 Å². The molecule has 1 aliphatic carbocycles. The maximum absolute atomic E-state index is 4.59. The maximum atomic E-state index is 4.59. The van der Waals surface area contributed by atoms with Crippen LogP contribution < -0.4 is 0 Å². The minimum atomic E-state index is 0.634. The molecule has 1 rings (SSSR count). The Bertz CT molecular complexity index is 435. The number of hydrogen-bond acceptors (Lipinski definition) is 2. The quantitative estimate of drug-likeness (QED) is 0.553. The third kappa shape index (κ3) is 5.06. The Morgan fingerprint density at radius 3 is 2.89 bits per heavy atom. The summed E-state index contributed by atoms with van der Waals surface area (Å²) in [5, 5.41) is 0. The topological polar surface area (TPSA) is 28.0 Å². The van der Waals surface area contributed by atoms with Gasteiger partial charge in [0, 0.05) is 6.42 Å². The summed E-state index contributed by atoms with van der Waals surface area (Å²) in [5.74, 6) is 0.742. The van der Waals surface area contributed by atoms with Crippen molar-refractivity contribution in [3.8, 4) is 0 Å². The van der Waals surface area contributed by atoms with Gasteiger partial charge in [-0.05, 0) is 32.7 Å². The van der Waals surface area contributed by atoms with Crippen molar-refractivity contribution in [3.05, 3.63) is 48.6 Å². The van der Waals surface area contributed by atoms with Gasteiger partial charge in [-0.2, -0.15) is 0 Å². The van der Waals surface area contributed by atoms with Crippen molar-refractivity contribution in [1.29, 1.82) is 0 Å². The Morgan fingerprint density at radius 1 is 1.44 bits per heavy atom. The first-order chi connectivity index (χ1) is 8.63. The van der Waals surface area contributed by atoms with E-state index < -0.39 is 0 Å². The van der Waals surface area contributed by atoms with E-state index >= 15 is 0 Å². The van der Waals surface area contributed by atoms with Gasteiger partial charge in [0.1, 0.15) is 5.84 Å². The highest BCUT2D eigenvalue weighted by atomic mass is 15.2. The molecule has 96 valence electrons. The summed E-state index contributed by atoms with van der Waals surface area (Å²) in [6, 6.07) is 0. The molecule has 0 N–H and O–H groups in total. The Balaban J connectivity index is 2.93. The van der Waals surface area contributed by atoms with E-state index in [9.17, 15) is 0 Å². The van der Waals surface area contributed by atoms with Crippen molar-refractivity contribution >= 4 is 11.5 Å². The smallest absolute Gasteiger partial charge is 0.148 e. The van der Waals surface area contributed by atoms with Crippen LogP contribution in [-0.2, 0) is 0 Å². The molecule has 0 aromatic carbocycles. The molecule has 0 atom stereocenters. The van der Waals surface area contributed by atoms with Gasteiger partial charge in [0.25, 0.3) is 0 Å². The zero-order valence-electron chi connectivity index (χ0n) is 11.4. The third-order valence-electron chi connectivity index (χ3n) is 2.31. The molecule has 0 radical (unpaired) electrons. The van der Waals surface area contributed by atoms with Crippen LogP contribution in [0, 0.1) is 0 Å². The first-order valence-corrected chi connectivity index (χ1v) is 6.05. The van der Waals surface area contributed by atoms with Gasteiger partial charge in [-0.3, -0.25) is 9.89 Å². The number of hydrogen-bond donors (Lipinski definition) is 0. The van der Waals surface area contributed by atoms with Crippen LogP contribution in [0.2, 0.25) is 0 Å². The first kappa shape index (κ1) is 14.3. The lowest BCUT2D eigenvalue weighted by Gasteiger charge is -2.06. The number of nitrogens with zero attached hydrogens (tertiary/aromatic N) is 3. The van der Waals surface area contributed by atoms with Crippen molar-refractivity contribution in [3.63, 3.8) is 0 Å². The average Bonchev–Trinajstić information content (AvgIpc) is 2.52. The third-order valence-corrected chi connectivity index (χ3v) is 2.31. The number of rotatable bonds is 3. The van der Waals surface area contributed by atoms with Gasteiger partial charge in [-0.15, -0.1) is 0 Å². The van der Waals surface area contributed by atoms with Gasteiger partial charge in [0.2, 0.25) is 0 Å².